The molecule has 5 heteroatoms. The minimum Gasteiger partial charge on any atom is -0.474 e. The Labute approximate surface area is 127 Å². The molecule has 0 unspecified atom stereocenters. The Hall–Kier alpha value is -2.43. The van der Waals surface area contributed by atoms with Gasteiger partial charge in [0.2, 0.25) is 5.88 Å². The molecule has 1 aromatic heterocycles. The van der Waals surface area contributed by atoms with Crippen LogP contribution in [-0.4, -0.2) is 11.1 Å². The van der Waals surface area contributed by atoms with Crippen LogP contribution in [0.3, 0.4) is 0 Å². The van der Waals surface area contributed by atoms with Crippen LogP contribution in [0.2, 0.25) is 0 Å². The maximum absolute atomic E-state index is 14.2. The quantitative estimate of drug-likeness (QED) is 0.920. The highest BCUT2D eigenvalue weighted by atomic mass is 19.1. The zero-order chi connectivity index (χ0) is 15.9. The van der Waals surface area contributed by atoms with Crippen molar-refractivity contribution >= 4 is 5.70 Å². The third-order valence-corrected chi connectivity index (χ3v) is 3.75. The van der Waals surface area contributed by atoms with E-state index in [4.69, 9.17) is 10.5 Å². The molecule has 114 valence electrons. The van der Waals surface area contributed by atoms with E-state index in [0.29, 0.717) is 29.1 Å². The number of ether oxygens (including phenoxy) is 1. The van der Waals surface area contributed by atoms with Gasteiger partial charge < -0.3 is 10.5 Å². The van der Waals surface area contributed by atoms with Crippen LogP contribution in [0, 0.1) is 11.6 Å². The molecule has 0 aliphatic carbocycles. The molecule has 3 nitrogen and oxygen atoms in total. The lowest BCUT2D eigenvalue weighted by molar-refractivity contribution is 0.183. The van der Waals surface area contributed by atoms with Gasteiger partial charge in [-0.3, -0.25) is 0 Å². The molecule has 22 heavy (non-hydrogen) atoms. The maximum Gasteiger partial charge on any atom is 0.218 e. The lowest BCUT2D eigenvalue weighted by Gasteiger charge is -2.25. The predicted octanol–water partition coefficient (Wildman–Crippen LogP) is 3.67. The van der Waals surface area contributed by atoms with E-state index in [0.717, 1.165) is 18.1 Å². The third-order valence-electron chi connectivity index (χ3n) is 3.75. The summed E-state index contributed by atoms with van der Waals surface area (Å²) in [6.07, 6.45) is 1.56. The molecule has 1 aliphatic heterocycles. The lowest BCUT2D eigenvalue weighted by atomic mass is 9.94. The first-order valence-corrected chi connectivity index (χ1v) is 7.06. The second kappa shape index (κ2) is 5.40. The first-order chi connectivity index (χ1) is 10.5. The lowest BCUT2D eigenvalue weighted by Crippen LogP contribution is -2.21. The third kappa shape index (κ3) is 2.54. The summed E-state index contributed by atoms with van der Waals surface area (Å²) in [6.45, 7) is 5.62. The number of nitrogens with zero attached hydrogens (tertiary/aromatic N) is 1. The normalized spacial score (nSPS) is 16.8. The van der Waals surface area contributed by atoms with Crippen LogP contribution >= 0.6 is 0 Å². The van der Waals surface area contributed by atoms with Crippen LogP contribution < -0.4 is 10.5 Å². The van der Waals surface area contributed by atoms with E-state index in [1.54, 1.807) is 6.07 Å². The Bertz CT molecular complexity index is 759. The summed E-state index contributed by atoms with van der Waals surface area (Å²) in [5.41, 5.74) is 8.17. The van der Waals surface area contributed by atoms with Crippen molar-refractivity contribution in [1.29, 1.82) is 0 Å². The number of nitrogens with two attached hydrogens (primary N) is 1. The highest BCUT2D eigenvalue weighted by Crippen LogP contribution is 2.37. The SMILES string of the molecule is C=C(N)c1cc(-c2ccc(F)cc2F)c2c(n1)O[C@H](C)CC2. The van der Waals surface area contributed by atoms with E-state index in [2.05, 4.69) is 11.6 Å². The summed E-state index contributed by atoms with van der Waals surface area (Å²) in [4.78, 5) is 4.35. The average molecular weight is 302 g/mol. The molecule has 0 saturated heterocycles. The molecule has 2 N–H and O–H groups in total. The Morgan fingerprint density at radius 3 is 2.77 bits per heavy atom. The molecule has 0 amide bonds. The number of halogens is 2. The van der Waals surface area contributed by atoms with Crippen molar-refractivity contribution in [2.75, 3.05) is 0 Å². The van der Waals surface area contributed by atoms with E-state index >= 15 is 0 Å². The molecule has 0 bridgehead atoms. The second-order valence-electron chi connectivity index (χ2n) is 5.46. The van der Waals surface area contributed by atoms with Gasteiger partial charge in [0.15, 0.2) is 0 Å². The molecule has 3 rings (SSSR count). The number of hydrogen-bond donors (Lipinski definition) is 1. The molecule has 0 radical (unpaired) electrons. The van der Waals surface area contributed by atoms with Crippen LogP contribution in [0.15, 0.2) is 30.8 Å². The molecule has 2 heterocycles. The van der Waals surface area contributed by atoms with Crippen molar-refractivity contribution in [2.24, 2.45) is 5.73 Å². The zero-order valence-corrected chi connectivity index (χ0v) is 12.2. The summed E-state index contributed by atoms with van der Waals surface area (Å²) < 4.78 is 33.1. The van der Waals surface area contributed by atoms with Crippen LogP contribution in [0.4, 0.5) is 8.78 Å². The van der Waals surface area contributed by atoms with Crippen molar-refractivity contribution in [2.45, 2.75) is 25.9 Å². The minimum absolute atomic E-state index is 0.0344. The van der Waals surface area contributed by atoms with E-state index in [1.807, 2.05) is 6.92 Å². The van der Waals surface area contributed by atoms with Gasteiger partial charge in [-0.2, -0.15) is 0 Å². The number of hydrogen-bond acceptors (Lipinski definition) is 3. The first kappa shape index (κ1) is 14.5. The van der Waals surface area contributed by atoms with E-state index in [-0.39, 0.29) is 11.8 Å². The fraction of sp³-hybridized carbons (Fsp3) is 0.235. The number of fused-ring (bicyclic) bond motifs is 1. The fourth-order valence-electron chi connectivity index (χ4n) is 2.60. The standard InChI is InChI=1S/C17H16F2N2O/c1-9-3-5-13-14(12-6-4-11(18)7-15(12)19)8-16(10(2)20)21-17(13)22-9/h4,6-9H,2-3,5,20H2,1H3/t9-/m1/s1. The van der Waals surface area contributed by atoms with E-state index in [9.17, 15) is 8.78 Å². The molecule has 1 aliphatic rings. The van der Waals surface area contributed by atoms with Crippen LogP contribution in [0.25, 0.3) is 16.8 Å². The number of benzene rings is 1. The van der Waals surface area contributed by atoms with Crippen molar-refractivity contribution in [3.05, 3.63) is 53.7 Å². The molecule has 1 aromatic carbocycles. The summed E-state index contributed by atoms with van der Waals surface area (Å²) in [5, 5.41) is 0. The first-order valence-electron chi connectivity index (χ1n) is 7.06. The number of pyridine rings is 1. The van der Waals surface area contributed by atoms with Crippen LogP contribution in [-0.2, 0) is 6.42 Å². The van der Waals surface area contributed by atoms with Gasteiger partial charge in [-0.05, 0) is 43.5 Å². The van der Waals surface area contributed by atoms with Gasteiger partial charge >= 0.3 is 0 Å². The van der Waals surface area contributed by atoms with Crippen molar-refractivity contribution in [3.8, 4) is 17.0 Å². The highest BCUT2D eigenvalue weighted by molar-refractivity contribution is 5.74. The Balaban J connectivity index is 2.23. The van der Waals surface area contributed by atoms with Gasteiger partial charge in [0, 0.05) is 17.2 Å². The van der Waals surface area contributed by atoms with E-state index in [1.165, 1.54) is 12.1 Å². The van der Waals surface area contributed by atoms with Crippen molar-refractivity contribution in [1.82, 2.24) is 4.98 Å². The summed E-state index contributed by atoms with van der Waals surface area (Å²) in [6, 6.07) is 5.19. The molecular formula is C17H16F2N2O. The Morgan fingerprint density at radius 1 is 1.32 bits per heavy atom. The second-order valence-corrected chi connectivity index (χ2v) is 5.46. The van der Waals surface area contributed by atoms with Gasteiger partial charge in [0.1, 0.15) is 11.6 Å². The molecular weight excluding hydrogens is 286 g/mol. The fourth-order valence-corrected chi connectivity index (χ4v) is 2.60. The van der Waals surface area contributed by atoms with Gasteiger partial charge in [-0.1, -0.05) is 6.58 Å². The topological polar surface area (TPSA) is 48.1 Å². The monoisotopic (exact) mass is 302 g/mol. The molecule has 0 saturated carbocycles. The summed E-state index contributed by atoms with van der Waals surface area (Å²) in [5.74, 6) is -0.792. The molecule has 1 atom stereocenters. The molecule has 2 aromatic rings. The van der Waals surface area contributed by atoms with Crippen LogP contribution in [0.1, 0.15) is 24.6 Å². The Morgan fingerprint density at radius 2 is 2.09 bits per heavy atom. The summed E-state index contributed by atoms with van der Waals surface area (Å²) >= 11 is 0. The number of aromatic nitrogens is 1. The number of rotatable bonds is 2. The maximum atomic E-state index is 14.2. The van der Waals surface area contributed by atoms with Gasteiger partial charge in [-0.25, -0.2) is 13.8 Å². The highest BCUT2D eigenvalue weighted by Gasteiger charge is 2.24. The molecule has 0 fully saturated rings. The van der Waals surface area contributed by atoms with Gasteiger partial charge in [0.25, 0.3) is 0 Å². The van der Waals surface area contributed by atoms with Crippen LogP contribution in [0.5, 0.6) is 5.88 Å². The summed E-state index contributed by atoms with van der Waals surface area (Å²) in [7, 11) is 0. The van der Waals surface area contributed by atoms with Crippen molar-refractivity contribution in [3.63, 3.8) is 0 Å². The predicted molar refractivity (Wildman–Crippen MR) is 81.2 cm³/mol. The largest absolute Gasteiger partial charge is 0.474 e. The smallest absolute Gasteiger partial charge is 0.218 e. The minimum atomic E-state index is -0.624. The van der Waals surface area contributed by atoms with Gasteiger partial charge in [-0.15, -0.1) is 0 Å². The van der Waals surface area contributed by atoms with Gasteiger partial charge in [0.05, 0.1) is 17.5 Å². The van der Waals surface area contributed by atoms with E-state index < -0.39 is 11.6 Å². The Kier molecular flexibility index (Phi) is 3.56. The average Bonchev–Trinajstić information content (AvgIpc) is 2.45. The van der Waals surface area contributed by atoms with Crippen molar-refractivity contribution < 1.29 is 13.5 Å². The zero-order valence-electron chi connectivity index (χ0n) is 12.2. The molecule has 0 spiro atoms.